The Kier molecular flexibility index (Phi) is 9.85. The Hall–Kier alpha value is -1.78. The largest absolute Gasteiger partial charge is 0.378 e. The zero-order valence-corrected chi connectivity index (χ0v) is 22.3. The number of hydrogen-bond donors (Lipinski definition) is 0. The lowest BCUT2D eigenvalue weighted by molar-refractivity contribution is -0.143. The molecule has 0 saturated heterocycles. The van der Waals surface area contributed by atoms with E-state index in [-0.39, 0.29) is 23.5 Å². The van der Waals surface area contributed by atoms with E-state index in [2.05, 4.69) is 10.3 Å². The second kappa shape index (κ2) is 11.8. The van der Waals surface area contributed by atoms with Crippen LogP contribution in [-0.2, 0) is 32.0 Å². The van der Waals surface area contributed by atoms with E-state index in [0.717, 1.165) is 12.1 Å². The van der Waals surface area contributed by atoms with Crippen molar-refractivity contribution in [1.82, 2.24) is 19.9 Å². The van der Waals surface area contributed by atoms with E-state index in [9.17, 15) is 13.5 Å². The summed E-state index contributed by atoms with van der Waals surface area (Å²) >= 11 is 0.363. The Morgan fingerprint density at radius 3 is 2.29 bits per heavy atom. The van der Waals surface area contributed by atoms with E-state index in [1.807, 2.05) is 54.7 Å². The summed E-state index contributed by atoms with van der Waals surface area (Å²) in [6.45, 7) is 15.1. The number of ether oxygens (including phenoxy) is 2. The molecule has 1 unspecified atom stereocenters. The van der Waals surface area contributed by atoms with Crippen LogP contribution in [0.4, 0.5) is 3.89 Å². The predicted octanol–water partition coefficient (Wildman–Crippen LogP) is 4.29. The van der Waals surface area contributed by atoms with Crippen molar-refractivity contribution in [3.63, 3.8) is 0 Å². The van der Waals surface area contributed by atoms with E-state index in [1.165, 1.54) is 17.1 Å². The third-order valence-corrected chi connectivity index (χ3v) is 6.58. The highest BCUT2D eigenvalue weighted by molar-refractivity contribution is 7.95. The molecule has 192 valence electrons. The molecule has 2 rings (SSSR count). The van der Waals surface area contributed by atoms with Gasteiger partial charge >= 0.3 is 0 Å². The third-order valence-electron chi connectivity index (χ3n) is 5.96. The van der Waals surface area contributed by atoms with Crippen LogP contribution in [0.3, 0.4) is 0 Å². The molecule has 0 aliphatic carbocycles. The fraction of sp³-hybridized carbons (Fsp3) is 0.750. The van der Waals surface area contributed by atoms with Crippen molar-refractivity contribution in [3.8, 4) is 0 Å². The number of carbonyl (C=O) groups is 2. The van der Waals surface area contributed by atoms with E-state index in [4.69, 9.17) is 9.47 Å². The summed E-state index contributed by atoms with van der Waals surface area (Å²) < 4.78 is 26.1. The monoisotopic (exact) mass is 498 g/mol. The van der Waals surface area contributed by atoms with Crippen molar-refractivity contribution in [3.05, 3.63) is 24.0 Å². The fourth-order valence-electron chi connectivity index (χ4n) is 3.58. The van der Waals surface area contributed by atoms with Gasteiger partial charge in [0.15, 0.2) is 0 Å². The van der Waals surface area contributed by atoms with E-state index < -0.39 is 10.3 Å². The molecule has 0 spiro atoms. The minimum Gasteiger partial charge on any atom is -0.378 e. The number of aromatic nitrogens is 3. The number of rotatable bonds is 15. The van der Waals surface area contributed by atoms with Crippen molar-refractivity contribution in [2.45, 2.75) is 103 Å². The summed E-state index contributed by atoms with van der Waals surface area (Å²) in [5.41, 5.74) is -0.128. The number of aryl methyl sites for hydroxylation is 1. The molecule has 0 fully saturated rings. The number of carbonyl (C=O) groups excluding carboxylic acids is 2. The summed E-state index contributed by atoms with van der Waals surface area (Å²) in [6.07, 6.45) is 6.98. The molecule has 1 aromatic rings. The minimum atomic E-state index is -0.615. The molecule has 2 heterocycles. The Labute approximate surface area is 206 Å². The predicted molar refractivity (Wildman–Crippen MR) is 131 cm³/mol. The lowest BCUT2D eigenvalue weighted by Crippen LogP contribution is -2.48. The van der Waals surface area contributed by atoms with Crippen LogP contribution in [0, 0.1) is 0 Å². The zero-order valence-electron chi connectivity index (χ0n) is 21.5. The van der Waals surface area contributed by atoms with Crippen LogP contribution >= 0.6 is 12.1 Å². The molecule has 1 aliphatic heterocycles. The second-order valence-electron chi connectivity index (χ2n) is 10.7. The summed E-state index contributed by atoms with van der Waals surface area (Å²) in [5, 5.41) is 8.45. The molecule has 0 bridgehead atoms. The number of amides is 2. The molecular weight excluding hydrogens is 459 g/mol. The minimum absolute atomic E-state index is 0.0828. The molecule has 2 amide bonds. The first kappa shape index (κ1) is 28.5. The molecule has 8 nitrogen and oxygen atoms in total. The maximum atomic E-state index is 12.9. The topological polar surface area (TPSA) is 86.6 Å². The van der Waals surface area contributed by atoms with Crippen molar-refractivity contribution >= 4 is 24.0 Å². The van der Waals surface area contributed by atoms with Crippen LogP contribution in [0.25, 0.3) is 0 Å². The average molecular weight is 499 g/mol. The van der Waals surface area contributed by atoms with Gasteiger partial charge in [0, 0.05) is 54.8 Å². The summed E-state index contributed by atoms with van der Waals surface area (Å²) in [7, 11) is 0. The number of hydrogen-bond acceptors (Lipinski definition) is 7. The van der Waals surface area contributed by atoms with Crippen LogP contribution < -0.4 is 0 Å². The van der Waals surface area contributed by atoms with Gasteiger partial charge in [-0.15, -0.1) is 5.10 Å². The van der Waals surface area contributed by atoms with Crippen molar-refractivity contribution in [1.29, 1.82) is 0 Å². The molecule has 0 saturated carbocycles. The van der Waals surface area contributed by atoms with Crippen LogP contribution in [0.1, 0.15) is 73.4 Å². The normalized spacial score (nSPS) is 16.1. The van der Waals surface area contributed by atoms with Gasteiger partial charge in [0.1, 0.15) is 0 Å². The lowest BCUT2D eigenvalue weighted by atomic mass is 9.99. The van der Waals surface area contributed by atoms with E-state index in [1.54, 1.807) is 4.68 Å². The Morgan fingerprint density at radius 2 is 1.68 bits per heavy atom. The maximum absolute atomic E-state index is 12.9. The van der Waals surface area contributed by atoms with Gasteiger partial charge in [-0.05, 0) is 67.7 Å². The summed E-state index contributed by atoms with van der Waals surface area (Å²) in [6, 6.07) is 0. The highest BCUT2D eigenvalue weighted by Crippen LogP contribution is 2.29. The van der Waals surface area contributed by atoms with Gasteiger partial charge in [-0.1, -0.05) is 5.21 Å². The smallest absolute Gasteiger partial charge is 0.254 e. The molecule has 0 N–H and O–H groups in total. The average Bonchev–Trinajstić information content (AvgIpc) is 3.32. The molecule has 1 aliphatic rings. The molecule has 0 aromatic carbocycles. The van der Waals surface area contributed by atoms with Gasteiger partial charge in [-0.2, -0.15) is 3.89 Å². The number of halogens is 1. The van der Waals surface area contributed by atoms with Crippen molar-refractivity contribution in [2.75, 3.05) is 13.2 Å². The van der Waals surface area contributed by atoms with Crippen LogP contribution in [-0.4, -0.2) is 66.9 Å². The Bertz CT molecular complexity index is 851. The van der Waals surface area contributed by atoms with E-state index in [0.29, 0.717) is 51.2 Å². The maximum Gasteiger partial charge on any atom is 0.254 e. The molecule has 1 atom stereocenters. The first-order valence-electron chi connectivity index (χ1n) is 11.8. The lowest BCUT2D eigenvalue weighted by Gasteiger charge is -2.34. The van der Waals surface area contributed by atoms with Gasteiger partial charge in [-0.3, -0.25) is 19.2 Å². The van der Waals surface area contributed by atoms with Crippen molar-refractivity contribution < 1.29 is 22.9 Å². The fourth-order valence-corrected chi connectivity index (χ4v) is 3.74. The van der Waals surface area contributed by atoms with Crippen molar-refractivity contribution in [2.24, 2.45) is 0 Å². The highest BCUT2D eigenvalue weighted by atomic mass is 32.2. The SMILES string of the molecule is CC(Cc1cn(CCC(C)(C)OCCC(C)(C)SF)nn1)OCCC(C)(C)N1C(=O)C=CC1=O. The van der Waals surface area contributed by atoms with Crippen LogP contribution in [0.5, 0.6) is 0 Å². The zero-order chi connectivity index (χ0) is 25.6. The van der Waals surface area contributed by atoms with Gasteiger partial charge in [0.25, 0.3) is 11.8 Å². The Morgan fingerprint density at radius 1 is 1.03 bits per heavy atom. The van der Waals surface area contributed by atoms with E-state index >= 15 is 0 Å². The molecular formula is C24H39FN4O4S. The van der Waals surface area contributed by atoms with Crippen LogP contribution in [0.15, 0.2) is 18.3 Å². The van der Waals surface area contributed by atoms with Gasteiger partial charge in [-0.25, -0.2) is 0 Å². The first-order chi connectivity index (χ1) is 15.7. The van der Waals surface area contributed by atoms with Crippen LogP contribution in [0.2, 0.25) is 0 Å². The van der Waals surface area contributed by atoms with Gasteiger partial charge < -0.3 is 9.47 Å². The quantitative estimate of drug-likeness (QED) is 0.333. The third kappa shape index (κ3) is 8.78. The molecule has 10 heteroatoms. The second-order valence-corrected chi connectivity index (χ2v) is 12.0. The van der Waals surface area contributed by atoms with Gasteiger partial charge in [0.2, 0.25) is 0 Å². The first-order valence-corrected chi connectivity index (χ1v) is 12.5. The molecule has 34 heavy (non-hydrogen) atoms. The summed E-state index contributed by atoms with van der Waals surface area (Å²) in [5.74, 6) is -0.563. The Balaban J connectivity index is 1.72. The summed E-state index contributed by atoms with van der Waals surface area (Å²) in [4.78, 5) is 25.1. The highest BCUT2D eigenvalue weighted by Gasteiger charge is 2.36. The molecule has 1 aromatic heterocycles. The standard InChI is InChI=1S/C24H39FN4O4S/c1-18(32-14-11-22(2,3)29-20(30)8-9-21(29)31)16-19-17-28(27-26-19)13-10-23(4,5)33-15-12-24(6,7)34-25/h8-9,17-18H,10-16H2,1-7H3. The van der Waals surface area contributed by atoms with Gasteiger partial charge in [0.05, 0.1) is 29.5 Å². The molecule has 0 radical (unpaired) electrons. The number of nitrogens with zero attached hydrogens (tertiary/aromatic N) is 4. The number of imide groups is 1.